The topological polar surface area (TPSA) is 59.6 Å². The summed E-state index contributed by atoms with van der Waals surface area (Å²) in [4.78, 5) is 11.8. The Balaban J connectivity index is 1.51. The molecule has 0 aliphatic heterocycles. The minimum atomic E-state index is -0.280. The van der Waals surface area contributed by atoms with E-state index in [2.05, 4.69) is 16.7 Å². The van der Waals surface area contributed by atoms with Crippen molar-refractivity contribution in [2.45, 2.75) is 25.7 Å². The van der Waals surface area contributed by atoms with E-state index in [0.717, 1.165) is 49.4 Å². The molecule has 2 aromatic carbocycles. The zero-order valence-corrected chi connectivity index (χ0v) is 17.7. The van der Waals surface area contributed by atoms with Gasteiger partial charge in [-0.15, -0.1) is 0 Å². The molecule has 2 rings (SSSR count). The van der Waals surface area contributed by atoms with Gasteiger partial charge in [0.15, 0.2) is 11.5 Å². The molecule has 0 aliphatic carbocycles. The number of rotatable bonds is 13. The van der Waals surface area contributed by atoms with E-state index in [4.69, 9.17) is 9.47 Å². The van der Waals surface area contributed by atoms with E-state index in [1.54, 1.807) is 38.5 Å². The molecule has 0 fully saturated rings. The van der Waals surface area contributed by atoms with E-state index in [0.29, 0.717) is 6.54 Å². The third kappa shape index (κ3) is 8.66. The van der Waals surface area contributed by atoms with Gasteiger partial charge in [0.25, 0.3) is 0 Å². The lowest BCUT2D eigenvalue weighted by atomic mass is 10.1. The molecular formula is C24H31FN2O3. The molecule has 0 atom stereocenters. The highest BCUT2D eigenvalue weighted by Gasteiger charge is 2.04. The third-order valence-electron chi connectivity index (χ3n) is 4.58. The number of methoxy groups -OCH3 is 2. The van der Waals surface area contributed by atoms with Gasteiger partial charge in [0.2, 0.25) is 5.91 Å². The Labute approximate surface area is 178 Å². The highest BCUT2D eigenvalue weighted by molar-refractivity contribution is 5.78. The number of carbonyl (C=O) groups is 1. The summed E-state index contributed by atoms with van der Waals surface area (Å²) in [7, 11) is 3.27. The summed E-state index contributed by atoms with van der Waals surface area (Å²) in [6.45, 7) is 2.40. The highest BCUT2D eigenvalue weighted by atomic mass is 19.1. The normalized spacial score (nSPS) is 10.9. The van der Waals surface area contributed by atoms with Crippen LogP contribution in [0.3, 0.4) is 0 Å². The third-order valence-corrected chi connectivity index (χ3v) is 4.58. The van der Waals surface area contributed by atoms with Crippen LogP contribution in [0.4, 0.5) is 4.39 Å². The maximum absolute atomic E-state index is 13.1. The maximum Gasteiger partial charge on any atom is 0.223 e. The predicted molar refractivity (Wildman–Crippen MR) is 118 cm³/mol. The quantitative estimate of drug-likeness (QED) is 0.487. The van der Waals surface area contributed by atoms with Gasteiger partial charge in [0.05, 0.1) is 14.2 Å². The molecule has 5 nitrogen and oxygen atoms in total. The molecule has 0 aliphatic rings. The van der Waals surface area contributed by atoms with E-state index in [-0.39, 0.29) is 18.1 Å². The molecule has 0 bridgehead atoms. The number of amides is 1. The number of aryl methyl sites for hydroxylation is 1. The lowest BCUT2D eigenvalue weighted by molar-refractivity contribution is -0.120. The molecule has 30 heavy (non-hydrogen) atoms. The molecule has 162 valence electrons. The van der Waals surface area contributed by atoms with Gasteiger partial charge < -0.3 is 20.1 Å². The first-order chi connectivity index (χ1) is 14.6. The summed E-state index contributed by atoms with van der Waals surface area (Å²) >= 11 is 0. The number of hydrogen-bond donors (Lipinski definition) is 2. The van der Waals surface area contributed by atoms with Crippen molar-refractivity contribution in [1.29, 1.82) is 0 Å². The van der Waals surface area contributed by atoms with Gasteiger partial charge in [-0.3, -0.25) is 4.79 Å². The molecule has 0 spiro atoms. The molecular weight excluding hydrogens is 383 g/mol. The fraction of sp³-hybridized carbons (Fsp3) is 0.375. The van der Waals surface area contributed by atoms with Gasteiger partial charge in [-0.1, -0.05) is 30.4 Å². The number of carbonyl (C=O) groups excluding carboxylic acids is 1. The van der Waals surface area contributed by atoms with Crippen molar-refractivity contribution >= 4 is 12.0 Å². The Kier molecular flexibility index (Phi) is 10.4. The van der Waals surface area contributed by atoms with Crippen LogP contribution in [0.2, 0.25) is 0 Å². The lowest BCUT2D eigenvalue weighted by Gasteiger charge is -2.10. The molecule has 2 N–H and O–H groups in total. The highest BCUT2D eigenvalue weighted by Crippen LogP contribution is 2.27. The van der Waals surface area contributed by atoms with Crippen LogP contribution in [-0.4, -0.2) is 39.8 Å². The Bertz CT molecular complexity index is 824. The van der Waals surface area contributed by atoms with Crippen molar-refractivity contribution in [3.05, 3.63) is 65.5 Å². The molecule has 1 amide bonds. The smallest absolute Gasteiger partial charge is 0.223 e. The van der Waals surface area contributed by atoms with E-state index in [1.807, 2.05) is 12.1 Å². The first-order valence-corrected chi connectivity index (χ1v) is 10.2. The van der Waals surface area contributed by atoms with Crippen molar-refractivity contribution in [2.75, 3.05) is 33.9 Å². The maximum atomic E-state index is 13.1. The largest absolute Gasteiger partial charge is 0.493 e. The average Bonchev–Trinajstić information content (AvgIpc) is 2.75. The van der Waals surface area contributed by atoms with E-state index in [9.17, 15) is 9.18 Å². The van der Waals surface area contributed by atoms with Gasteiger partial charge in [0.1, 0.15) is 5.82 Å². The van der Waals surface area contributed by atoms with E-state index >= 15 is 0 Å². The second-order valence-electron chi connectivity index (χ2n) is 6.91. The Morgan fingerprint density at radius 3 is 2.57 bits per heavy atom. The molecule has 0 radical (unpaired) electrons. The van der Waals surface area contributed by atoms with Crippen molar-refractivity contribution in [3.63, 3.8) is 0 Å². The number of benzene rings is 2. The van der Waals surface area contributed by atoms with Crippen LogP contribution in [0.5, 0.6) is 11.5 Å². The van der Waals surface area contributed by atoms with E-state index < -0.39 is 0 Å². The van der Waals surface area contributed by atoms with E-state index in [1.165, 1.54) is 17.7 Å². The zero-order chi connectivity index (χ0) is 21.6. The lowest BCUT2D eigenvalue weighted by Crippen LogP contribution is -2.27. The zero-order valence-electron chi connectivity index (χ0n) is 17.7. The van der Waals surface area contributed by atoms with Gasteiger partial charge >= 0.3 is 0 Å². The molecule has 0 aromatic heterocycles. The van der Waals surface area contributed by atoms with Gasteiger partial charge in [-0.05, 0) is 67.7 Å². The fourth-order valence-corrected chi connectivity index (χ4v) is 3.00. The molecule has 2 aromatic rings. The van der Waals surface area contributed by atoms with Crippen LogP contribution in [0.1, 0.15) is 30.4 Å². The van der Waals surface area contributed by atoms with Crippen LogP contribution in [0.15, 0.2) is 48.5 Å². The molecule has 0 heterocycles. The minimum absolute atomic E-state index is 0.0314. The predicted octanol–water partition coefficient (Wildman–Crippen LogP) is 3.97. The Morgan fingerprint density at radius 2 is 1.80 bits per heavy atom. The average molecular weight is 415 g/mol. The second-order valence-corrected chi connectivity index (χ2v) is 6.91. The van der Waals surface area contributed by atoms with Crippen LogP contribution in [0.25, 0.3) is 6.08 Å². The second kappa shape index (κ2) is 13.4. The first kappa shape index (κ1) is 23.4. The minimum Gasteiger partial charge on any atom is -0.493 e. The van der Waals surface area contributed by atoms with Gasteiger partial charge in [-0.2, -0.15) is 0 Å². The summed E-state index contributed by atoms with van der Waals surface area (Å²) < 4.78 is 23.7. The van der Waals surface area contributed by atoms with Crippen LogP contribution in [-0.2, 0) is 11.2 Å². The van der Waals surface area contributed by atoms with Crippen molar-refractivity contribution in [3.8, 4) is 11.5 Å². The van der Waals surface area contributed by atoms with Crippen molar-refractivity contribution in [2.24, 2.45) is 0 Å². The monoisotopic (exact) mass is 414 g/mol. The number of nitrogens with one attached hydrogen (secondary N) is 2. The van der Waals surface area contributed by atoms with Crippen molar-refractivity contribution in [1.82, 2.24) is 10.6 Å². The molecule has 6 heteroatoms. The van der Waals surface area contributed by atoms with Gasteiger partial charge in [-0.25, -0.2) is 4.39 Å². The Morgan fingerprint density at radius 1 is 1.00 bits per heavy atom. The van der Waals surface area contributed by atoms with Crippen LogP contribution in [0, 0.1) is 5.82 Å². The molecule has 0 unspecified atom stereocenters. The summed E-state index contributed by atoms with van der Waals surface area (Å²) in [6.07, 6.45) is 6.64. The summed E-state index contributed by atoms with van der Waals surface area (Å²) in [5.74, 6) is 1.18. The van der Waals surface area contributed by atoms with Crippen LogP contribution >= 0.6 is 0 Å². The Hall–Kier alpha value is -2.86. The molecule has 0 saturated heterocycles. The SMILES string of the molecule is COc1ccc(CCCNCCCNC(=O)C/C=C/c2cccc(F)c2)cc1OC. The van der Waals surface area contributed by atoms with Gasteiger partial charge in [0, 0.05) is 13.0 Å². The fourth-order valence-electron chi connectivity index (χ4n) is 3.00. The molecule has 0 saturated carbocycles. The van der Waals surface area contributed by atoms with Crippen LogP contribution < -0.4 is 20.1 Å². The summed E-state index contributed by atoms with van der Waals surface area (Å²) in [5, 5.41) is 6.28. The standard InChI is InChI=1S/C24H31FN2O3/c1-29-22-13-12-20(18-23(22)30-2)9-5-14-26-15-6-16-27-24(28)11-4-8-19-7-3-10-21(25)17-19/h3-4,7-8,10,12-13,17-18,26H,5-6,9,11,14-16H2,1-2H3,(H,27,28)/b8-4+. The summed E-state index contributed by atoms with van der Waals surface area (Å²) in [5.41, 5.74) is 1.97. The summed E-state index contributed by atoms with van der Waals surface area (Å²) in [6, 6.07) is 12.3. The number of hydrogen-bond acceptors (Lipinski definition) is 4. The van der Waals surface area contributed by atoms with Crippen molar-refractivity contribution < 1.29 is 18.7 Å². The number of halogens is 1. The first-order valence-electron chi connectivity index (χ1n) is 10.2. The number of ether oxygens (including phenoxy) is 2.